The van der Waals surface area contributed by atoms with Gasteiger partial charge in [-0.3, -0.25) is 19.4 Å². The topological polar surface area (TPSA) is 170 Å². The molecule has 11 nitrogen and oxygen atoms in total. The van der Waals surface area contributed by atoms with Gasteiger partial charge in [0.15, 0.2) is 0 Å². The number of phenols is 1. The number of carboxylic acid groups (broad SMARTS) is 1. The molecule has 0 saturated carbocycles. The van der Waals surface area contributed by atoms with Crippen molar-refractivity contribution in [1.82, 2.24) is 26.3 Å². The quantitative estimate of drug-likeness (QED) is 0.212. The number of benzene rings is 1. The maximum absolute atomic E-state index is 13.6. The van der Waals surface area contributed by atoms with Crippen LogP contribution in [0.15, 0.2) is 48.8 Å². The SMILES string of the molecule is CC(C)(C)CC[C@H](NC(=O)[C@H](Cc1cccnc1)NC(=O)[C@H](Cc1ccc(O)cc1)NC(=O)[C@@H]1CCCN1)C(=O)O. The van der Waals surface area contributed by atoms with E-state index in [9.17, 15) is 29.4 Å². The predicted octanol–water partition coefficient (Wildman–Crippen LogP) is 1.69. The predicted molar refractivity (Wildman–Crippen MR) is 153 cm³/mol. The first-order valence-corrected chi connectivity index (χ1v) is 14.0. The second-order valence-corrected chi connectivity index (χ2v) is 11.7. The Bertz CT molecular complexity index is 1180. The Kier molecular flexibility index (Phi) is 11.2. The summed E-state index contributed by atoms with van der Waals surface area (Å²) in [4.78, 5) is 56.1. The number of nitrogens with zero attached hydrogens (tertiary/aromatic N) is 1. The van der Waals surface area contributed by atoms with E-state index in [0.29, 0.717) is 30.5 Å². The van der Waals surface area contributed by atoms with Crippen LogP contribution >= 0.6 is 0 Å². The Hall–Kier alpha value is -3.99. The van der Waals surface area contributed by atoms with Gasteiger partial charge in [0.25, 0.3) is 0 Å². The van der Waals surface area contributed by atoms with Gasteiger partial charge in [0.1, 0.15) is 23.9 Å². The van der Waals surface area contributed by atoms with Gasteiger partial charge in [-0.25, -0.2) is 4.79 Å². The summed E-state index contributed by atoms with van der Waals surface area (Å²) in [5, 5.41) is 30.7. The first kappa shape index (κ1) is 31.5. The molecular formula is C30H41N5O6. The molecule has 1 fully saturated rings. The van der Waals surface area contributed by atoms with Crippen LogP contribution in [0.2, 0.25) is 0 Å². The van der Waals surface area contributed by atoms with Crippen LogP contribution in [-0.2, 0) is 32.0 Å². The Balaban J connectivity index is 1.81. The van der Waals surface area contributed by atoms with Crippen LogP contribution in [0.3, 0.4) is 0 Å². The van der Waals surface area contributed by atoms with Crippen LogP contribution in [0.4, 0.5) is 0 Å². The molecule has 41 heavy (non-hydrogen) atoms. The molecule has 4 atom stereocenters. The fraction of sp³-hybridized carbons (Fsp3) is 0.500. The zero-order chi connectivity index (χ0) is 30.0. The number of phenolic OH excluding ortho intramolecular Hbond substituents is 1. The first-order chi connectivity index (χ1) is 19.4. The van der Waals surface area contributed by atoms with Gasteiger partial charge in [0.2, 0.25) is 17.7 Å². The van der Waals surface area contributed by atoms with Gasteiger partial charge in [0, 0.05) is 25.2 Å². The summed E-state index contributed by atoms with van der Waals surface area (Å²) >= 11 is 0. The molecule has 0 spiro atoms. The zero-order valence-corrected chi connectivity index (χ0v) is 23.9. The van der Waals surface area contributed by atoms with Gasteiger partial charge in [-0.05, 0) is 67.0 Å². The molecule has 1 saturated heterocycles. The van der Waals surface area contributed by atoms with Gasteiger partial charge in [-0.15, -0.1) is 0 Å². The number of hydrogen-bond donors (Lipinski definition) is 6. The molecule has 11 heteroatoms. The molecule has 0 bridgehead atoms. The van der Waals surface area contributed by atoms with E-state index >= 15 is 0 Å². The van der Waals surface area contributed by atoms with Crippen molar-refractivity contribution < 1.29 is 29.4 Å². The summed E-state index contributed by atoms with van der Waals surface area (Å²) in [6.07, 6.45) is 5.64. The molecule has 1 aliphatic rings. The number of rotatable bonds is 13. The van der Waals surface area contributed by atoms with Crippen LogP contribution in [0.5, 0.6) is 5.75 Å². The highest BCUT2D eigenvalue weighted by Gasteiger charge is 2.32. The van der Waals surface area contributed by atoms with Crippen LogP contribution in [-0.4, -0.2) is 69.6 Å². The minimum atomic E-state index is -1.16. The molecule has 222 valence electrons. The summed E-state index contributed by atoms with van der Waals surface area (Å²) in [6.45, 7) is 6.68. The summed E-state index contributed by atoms with van der Waals surface area (Å²) in [5.41, 5.74) is 1.24. The molecule has 1 aromatic carbocycles. The van der Waals surface area contributed by atoms with E-state index in [4.69, 9.17) is 0 Å². The number of aromatic hydroxyl groups is 1. The molecule has 0 radical (unpaired) electrons. The van der Waals surface area contributed by atoms with Crippen molar-refractivity contribution in [2.24, 2.45) is 5.41 Å². The third kappa shape index (κ3) is 10.5. The Morgan fingerprint density at radius 3 is 2.15 bits per heavy atom. The zero-order valence-electron chi connectivity index (χ0n) is 23.9. The molecule has 6 N–H and O–H groups in total. The highest BCUT2D eigenvalue weighted by Crippen LogP contribution is 2.22. The van der Waals surface area contributed by atoms with Crippen molar-refractivity contribution in [3.05, 3.63) is 59.9 Å². The Morgan fingerprint density at radius 1 is 0.951 bits per heavy atom. The number of pyridine rings is 1. The number of carboxylic acids is 1. The second kappa shape index (κ2) is 14.6. The first-order valence-electron chi connectivity index (χ1n) is 14.0. The average molecular weight is 568 g/mol. The molecule has 1 aliphatic heterocycles. The molecule has 2 aromatic rings. The molecule has 3 amide bonds. The van der Waals surface area contributed by atoms with Crippen molar-refractivity contribution in [3.8, 4) is 5.75 Å². The fourth-order valence-corrected chi connectivity index (χ4v) is 4.60. The summed E-state index contributed by atoms with van der Waals surface area (Å²) in [7, 11) is 0. The minimum Gasteiger partial charge on any atom is -0.508 e. The van der Waals surface area contributed by atoms with Gasteiger partial charge in [-0.1, -0.05) is 39.0 Å². The van der Waals surface area contributed by atoms with Crippen molar-refractivity contribution in [2.45, 2.75) is 83.5 Å². The molecule has 0 unspecified atom stereocenters. The van der Waals surface area contributed by atoms with Gasteiger partial charge in [0.05, 0.1) is 6.04 Å². The standard InChI is InChI=1S/C30H41N5O6/c1-30(2,3)13-12-23(29(40)41)33-27(38)25(17-20-6-4-14-31-18-20)35-28(39)24(16-19-8-10-21(36)11-9-19)34-26(37)22-7-5-15-32-22/h4,6,8-11,14,18,22-25,32,36H,5,7,12-13,15-17H2,1-3H3,(H,33,38)(H,34,37)(H,35,39)(H,40,41)/t22-,23-,24-,25-/m0/s1. The number of carbonyl (C=O) groups is 4. The van der Waals surface area contributed by atoms with E-state index in [1.54, 1.807) is 36.7 Å². The maximum Gasteiger partial charge on any atom is 0.326 e. The van der Waals surface area contributed by atoms with Crippen molar-refractivity contribution in [3.63, 3.8) is 0 Å². The lowest BCUT2D eigenvalue weighted by molar-refractivity contribution is -0.142. The van der Waals surface area contributed by atoms with E-state index in [-0.39, 0.29) is 36.3 Å². The van der Waals surface area contributed by atoms with Crippen molar-refractivity contribution >= 4 is 23.7 Å². The van der Waals surface area contributed by atoms with Crippen LogP contribution in [0.25, 0.3) is 0 Å². The lowest BCUT2D eigenvalue weighted by atomic mass is 9.88. The van der Waals surface area contributed by atoms with Crippen LogP contribution in [0, 0.1) is 5.41 Å². The summed E-state index contributed by atoms with van der Waals surface area (Å²) < 4.78 is 0. The Morgan fingerprint density at radius 2 is 1.59 bits per heavy atom. The molecule has 2 heterocycles. The maximum atomic E-state index is 13.6. The van der Waals surface area contributed by atoms with Gasteiger partial charge < -0.3 is 31.5 Å². The number of aromatic nitrogens is 1. The van der Waals surface area contributed by atoms with E-state index in [1.807, 2.05) is 20.8 Å². The monoisotopic (exact) mass is 567 g/mol. The normalized spacial score (nSPS) is 17.2. The highest BCUT2D eigenvalue weighted by atomic mass is 16.4. The smallest absolute Gasteiger partial charge is 0.326 e. The van der Waals surface area contributed by atoms with Crippen molar-refractivity contribution in [2.75, 3.05) is 6.54 Å². The number of hydrogen-bond acceptors (Lipinski definition) is 7. The molecule has 3 rings (SSSR count). The third-order valence-corrected chi connectivity index (χ3v) is 6.98. The van der Waals surface area contributed by atoms with Gasteiger partial charge >= 0.3 is 5.97 Å². The van der Waals surface area contributed by atoms with Crippen LogP contribution in [0.1, 0.15) is 57.6 Å². The summed E-state index contributed by atoms with van der Waals surface area (Å²) in [6, 6.07) is 6.08. The highest BCUT2D eigenvalue weighted by molar-refractivity contribution is 5.94. The van der Waals surface area contributed by atoms with E-state index in [1.165, 1.54) is 12.1 Å². The molecule has 1 aromatic heterocycles. The second-order valence-electron chi connectivity index (χ2n) is 11.7. The largest absolute Gasteiger partial charge is 0.508 e. The number of nitrogens with one attached hydrogen (secondary N) is 4. The average Bonchev–Trinajstić information content (AvgIpc) is 3.46. The third-order valence-electron chi connectivity index (χ3n) is 6.98. The van der Waals surface area contributed by atoms with Gasteiger partial charge in [-0.2, -0.15) is 0 Å². The minimum absolute atomic E-state index is 0.0705. The number of amides is 3. The van der Waals surface area contributed by atoms with Crippen molar-refractivity contribution in [1.29, 1.82) is 0 Å². The number of carbonyl (C=O) groups excluding carboxylic acids is 3. The Labute approximate surface area is 240 Å². The summed E-state index contributed by atoms with van der Waals surface area (Å²) in [5.74, 6) is -2.63. The fourth-order valence-electron chi connectivity index (χ4n) is 4.60. The lowest BCUT2D eigenvalue weighted by Gasteiger charge is -2.26. The van der Waals surface area contributed by atoms with E-state index in [0.717, 1.165) is 6.42 Å². The number of aliphatic carboxylic acids is 1. The van der Waals surface area contributed by atoms with E-state index in [2.05, 4.69) is 26.3 Å². The van der Waals surface area contributed by atoms with E-state index < -0.39 is 42.0 Å². The van der Waals surface area contributed by atoms with Crippen LogP contribution < -0.4 is 21.3 Å². The molecule has 0 aliphatic carbocycles. The molecular weight excluding hydrogens is 526 g/mol. The lowest BCUT2D eigenvalue weighted by Crippen LogP contribution is -2.58.